The van der Waals surface area contributed by atoms with Gasteiger partial charge in [-0.2, -0.15) is 4.99 Å². The van der Waals surface area contributed by atoms with E-state index in [4.69, 9.17) is 5.11 Å². The van der Waals surface area contributed by atoms with Crippen molar-refractivity contribution in [3.63, 3.8) is 0 Å². The van der Waals surface area contributed by atoms with Crippen LogP contribution in [0.2, 0.25) is 0 Å². The van der Waals surface area contributed by atoms with E-state index in [1.165, 1.54) is 6.08 Å². The van der Waals surface area contributed by atoms with Gasteiger partial charge in [0, 0.05) is 5.57 Å². The van der Waals surface area contributed by atoms with E-state index in [1.807, 2.05) is 18.2 Å². The number of aliphatic hydroxyl groups excluding tert-OH is 1. The second kappa shape index (κ2) is 9.96. The summed E-state index contributed by atoms with van der Waals surface area (Å²) < 4.78 is 4.46. The zero-order valence-corrected chi connectivity index (χ0v) is 10.1. The van der Waals surface area contributed by atoms with Gasteiger partial charge in [-0.15, -0.1) is 0 Å². The molecule has 0 spiro atoms. The Labute approximate surface area is 105 Å². The van der Waals surface area contributed by atoms with Gasteiger partial charge in [0.1, 0.15) is 6.61 Å². The summed E-state index contributed by atoms with van der Waals surface area (Å²) in [6, 6.07) is 8.98. The maximum atomic E-state index is 10.5. The molecular formula is C13H15NO4. The molecule has 5 heteroatoms. The van der Waals surface area contributed by atoms with Crippen molar-refractivity contribution in [2.24, 2.45) is 4.99 Å². The van der Waals surface area contributed by atoms with Crippen LogP contribution in [0.15, 0.2) is 47.5 Å². The van der Waals surface area contributed by atoms with E-state index in [-0.39, 0.29) is 13.2 Å². The average molecular weight is 249 g/mol. The molecule has 0 aliphatic heterocycles. The number of carbonyl (C=O) groups is 1. The smallest absolute Gasteiger partial charge is 0.333 e. The van der Waals surface area contributed by atoms with Crippen LogP contribution >= 0.6 is 0 Å². The number of hydrogen-bond acceptors (Lipinski definition) is 5. The molecule has 0 atom stereocenters. The molecule has 5 nitrogen and oxygen atoms in total. The fourth-order valence-corrected chi connectivity index (χ4v) is 0.817. The first kappa shape index (κ1) is 15.8. The summed E-state index contributed by atoms with van der Waals surface area (Å²) in [7, 11) is 0. The predicted molar refractivity (Wildman–Crippen MR) is 67.1 cm³/mol. The van der Waals surface area contributed by atoms with E-state index in [1.54, 1.807) is 19.1 Å². The van der Waals surface area contributed by atoms with Gasteiger partial charge in [-0.25, -0.2) is 9.59 Å². The Morgan fingerprint density at radius 3 is 2.50 bits per heavy atom. The topological polar surface area (TPSA) is 76.0 Å². The number of benzene rings is 1. The standard InChI is InChI=1S/C7H5NO.C6H10O3/c9-6-8-7-4-2-1-3-5-7;1-5(2)6(8)9-4-3-7/h1-5H;7H,1,3-4H2,2H3. The normalized spacial score (nSPS) is 8.33. The average Bonchev–Trinajstić information content (AvgIpc) is 2.38. The van der Waals surface area contributed by atoms with Crippen molar-refractivity contribution in [2.45, 2.75) is 6.92 Å². The minimum absolute atomic E-state index is 0.0473. The molecule has 0 aromatic heterocycles. The van der Waals surface area contributed by atoms with Crippen LogP contribution in [-0.2, 0) is 14.3 Å². The van der Waals surface area contributed by atoms with Crippen molar-refractivity contribution in [3.05, 3.63) is 42.5 Å². The Bertz CT molecular complexity index is 422. The number of rotatable bonds is 4. The van der Waals surface area contributed by atoms with E-state index >= 15 is 0 Å². The van der Waals surface area contributed by atoms with E-state index < -0.39 is 5.97 Å². The maximum absolute atomic E-state index is 10.5. The number of nitrogens with zero attached hydrogens (tertiary/aromatic N) is 1. The zero-order valence-electron chi connectivity index (χ0n) is 10.1. The Morgan fingerprint density at radius 2 is 2.06 bits per heavy atom. The summed E-state index contributed by atoms with van der Waals surface area (Å²) in [5, 5.41) is 8.19. The molecule has 18 heavy (non-hydrogen) atoms. The molecule has 1 aromatic rings. The molecule has 0 aliphatic rings. The highest BCUT2D eigenvalue weighted by atomic mass is 16.5. The Morgan fingerprint density at radius 1 is 1.44 bits per heavy atom. The van der Waals surface area contributed by atoms with Crippen molar-refractivity contribution in [2.75, 3.05) is 13.2 Å². The van der Waals surface area contributed by atoms with Gasteiger partial charge >= 0.3 is 5.97 Å². The minimum Gasteiger partial charge on any atom is -0.460 e. The van der Waals surface area contributed by atoms with E-state index in [9.17, 15) is 9.59 Å². The Balaban J connectivity index is 0.000000321. The fraction of sp³-hybridized carbons (Fsp3) is 0.231. The van der Waals surface area contributed by atoms with Crippen molar-refractivity contribution < 1.29 is 19.4 Å². The molecule has 0 aliphatic carbocycles. The van der Waals surface area contributed by atoms with Crippen LogP contribution in [0.1, 0.15) is 6.92 Å². The lowest BCUT2D eigenvalue weighted by molar-refractivity contribution is -0.139. The Kier molecular flexibility index (Phi) is 8.72. The molecule has 0 radical (unpaired) electrons. The number of para-hydroxylation sites is 1. The summed E-state index contributed by atoms with van der Waals surface area (Å²) in [5.74, 6) is -0.455. The maximum Gasteiger partial charge on any atom is 0.333 e. The van der Waals surface area contributed by atoms with E-state index in [2.05, 4.69) is 16.3 Å². The highest BCUT2D eigenvalue weighted by molar-refractivity contribution is 5.86. The summed E-state index contributed by atoms with van der Waals surface area (Å²) in [6.45, 7) is 4.81. The molecule has 1 aromatic carbocycles. The van der Waals surface area contributed by atoms with Gasteiger partial charge in [0.25, 0.3) is 0 Å². The number of carbonyl (C=O) groups excluding carboxylic acids is 2. The predicted octanol–water partition coefficient (Wildman–Crippen LogP) is 1.75. The van der Waals surface area contributed by atoms with Gasteiger partial charge in [0.05, 0.1) is 12.3 Å². The number of isocyanates is 1. The summed E-state index contributed by atoms with van der Waals surface area (Å²) in [5.41, 5.74) is 0.996. The zero-order chi connectivity index (χ0) is 13.8. The van der Waals surface area contributed by atoms with E-state index in [0.717, 1.165) is 0 Å². The van der Waals surface area contributed by atoms with Crippen LogP contribution < -0.4 is 0 Å². The first-order valence-electron chi connectivity index (χ1n) is 5.18. The lowest BCUT2D eigenvalue weighted by atomic mass is 10.3. The summed E-state index contributed by atoms with van der Waals surface area (Å²) >= 11 is 0. The van der Waals surface area contributed by atoms with Crippen molar-refractivity contribution in [1.82, 2.24) is 0 Å². The fourth-order valence-electron chi connectivity index (χ4n) is 0.817. The van der Waals surface area contributed by atoms with Crippen LogP contribution in [-0.4, -0.2) is 30.4 Å². The molecule has 0 fully saturated rings. The van der Waals surface area contributed by atoms with Gasteiger partial charge in [0.2, 0.25) is 6.08 Å². The van der Waals surface area contributed by atoms with Gasteiger partial charge in [-0.3, -0.25) is 0 Å². The molecule has 0 saturated heterocycles. The first-order valence-corrected chi connectivity index (χ1v) is 5.18. The van der Waals surface area contributed by atoms with Crippen molar-refractivity contribution >= 4 is 17.7 Å². The molecule has 96 valence electrons. The third-order valence-corrected chi connectivity index (χ3v) is 1.60. The second-order valence-electron chi connectivity index (χ2n) is 3.18. The van der Waals surface area contributed by atoms with E-state index in [0.29, 0.717) is 11.3 Å². The quantitative estimate of drug-likeness (QED) is 0.382. The number of ether oxygens (including phenoxy) is 1. The molecule has 0 saturated carbocycles. The molecule has 0 bridgehead atoms. The minimum atomic E-state index is -0.455. The Hall–Kier alpha value is -2.23. The number of aliphatic imine (C=N–C) groups is 1. The van der Waals surface area contributed by atoms with Gasteiger partial charge < -0.3 is 9.84 Å². The van der Waals surface area contributed by atoms with Crippen LogP contribution in [0.4, 0.5) is 5.69 Å². The largest absolute Gasteiger partial charge is 0.460 e. The lowest BCUT2D eigenvalue weighted by Crippen LogP contribution is -2.08. The third kappa shape index (κ3) is 7.98. The number of hydrogen-bond donors (Lipinski definition) is 1. The molecule has 0 heterocycles. The lowest BCUT2D eigenvalue weighted by Gasteiger charge is -1.99. The molecule has 1 N–H and O–H groups in total. The summed E-state index contributed by atoms with van der Waals surface area (Å²) in [4.78, 5) is 23.6. The molecule has 0 amide bonds. The van der Waals surface area contributed by atoms with Crippen LogP contribution in [0.3, 0.4) is 0 Å². The van der Waals surface area contributed by atoms with Gasteiger partial charge in [-0.05, 0) is 19.1 Å². The summed E-state index contributed by atoms with van der Waals surface area (Å²) in [6.07, 6.45) is 1.46. The SMILES string of the molecule is C=C(C)C(=O)OCCO.O=C=Nc1ccccc1. The first-order chi connectivity index (χ1) is 8.61. The van der Waals surface area contributed by atoms with Crippen molar-refractivity contribution in [3.8, 4) is 0 Å². The number of aliphatic hydroxyl groups is 1. The van der Waals surface area contributed by atoms with Crippen LogP contribution in [0.25, 0.3) is 0 Å². The third-order valence-electron chi connectivity index (χ3n) is 1.60. The highest BCUT2D eigenvalue weighted by Crippen LogP contribution is 2.06. The highest BCUT2D eigenvalue weighted by Gasteiger charge is 1.99. The molecular weight excluding hydrogens is 234 g/mol. The van der Waals surface area contributed by atoms with Crippen LogP contribution in [0, 0.1) is 0 Å². The monoisotopic (exact) mass is 249 g/mol. The van der Waals surface area contributed by atoms with Crippen molar-refractivity contribution in [1.29, 1.82) is 0 Å². The molecule has 1 rings (SSSR count). The second-order valence-corrected chi connectivity index (χ2v) is 3.18. The van der Waals surface area contributed by atoms with Gasteiger partial charge in [-0.1, -0.05) is 24.8 Å². The molecule has 0 unspecified atom stereocenters. The number of esters is 1. The van der Waals surface area contributed by atoms with Gasteiger partial charge in [0.15, 0.2) is 0 Å². The van der Waals surface area contributed by atoms with Crippen LogP contribution in [0.5, 0.6) is 0 Å².